The third-order valence-corrected chi connectivity index (χ3v) is 2.57. The summed E-state index contributed by atoms with van der Waals surface area (Å²) >= 11 is 0. The van der Waals surface area contributed by atoms with Crippen LogP contribution in [0.3, 0.4) is 0 Å². The number of carbonyl (C=O) groups is 1. The van der Waals surface area contributed by atoms with E-state index in [9.17, 15) is 13.2 Å². The molecule has 1 aliphatic rings. The van der Waals surface area contributed by atoms with Gasteiger partial charge in [0.15, 0.2) is 0 Å². The zero-order valence-electron chi connectivity index (χ0n) is 7.12. The van der Waals surface area contributed by atoms with E-state index < -0.39 is 10.0 Å². The molecule has 1 amide bonds. The molecule has 0 spiro atoms. The largest absolute Gasteiger partial charge is 0.354 e. The quantitative estimate of drug-likeness (QED) is 0.485. The number of hydrogen-bond acceptors (Lipinski definition) is 4. The Kier molecular flexibility index (Phi) is 3.23. The maximum Gasteiger partial charge on any atom is 0.221 e. The summed E-state index contributed by atoms with van der Waals surface area (Å²) in [5.74, 6) is -0.106. The fourth-order valence-corrected chi connectivity index (χ4v) is 1.56. The molecule has 0 aromatic carbocycles. The van der Waals surface area contributed by atoms with E-state index in [1.165, 1.54) is 0 Å². The van der Waals surface area contributed by atoms with Crippen LogP contribution < -0.4 is 15.8 Å². The van der Waals surface area contributed by atoms with Crippen LogP contribution in [0.1, 0.15) is 6.42 Å². The van der Waals surface area contributed by atoms with Gasteiger partial charge in [-0.3, -0.25) is 4.79 Å². The van der Waals surface area contributed by atoms with E-state index in [-0.39, 0.29) is 17.7 Å². The number of amides is 1. The lowest BCUT2D eigenvalue weighted by atomic mass is 10.2. The van der Waals surface area contributed by atoms with Crippen LogP contribution in [0.4, 0.5) is 0 Å². The summed E-state index contributed by atoms with van der Waals surface area (Å²) in [6.07, 6.45) is 0.407. The monoisotopic (exact) mass is 207 g/mol. The van der Waals surface area contributed by atoms with Crippen molar-refractivity contribution in [3.05, 3.63) is 0 Å². The lowest BCUT2D eigenvalue weighted by Gasteiger charge is -2.08. The maximum atomic E-state index is 10.7. The molecule has 0 aliphatic carbocycles. The molecule has 4 N–H and O–H groups in total. The molecule has 1 rings (SSSR count). The Labute approximate surface area is 76.9 Å². The molecule has 0 aromatic rings. The van der Waals surface area contributed by atoms with Crippen LogP contribution in [-0.2, 0) is 14.8 Å². The number of sulfonamides is 1. The van der Waals surface area contributed by atoms with Crippen molar-refractivity contribution in [2.45, 2.75) is 12.5 Å². The van der Waals surface area contributed by atoms with Gasteiger partial charge in [-0.05, 0) is 0 Å². The number of rotatable bonds is 4. The second-order valence-electron chi connectivity index (χ2n) is 3.03. The Bertz CT molecular complexity index is 287. The van der Waals surface area contributed by atoms with Gasteiger partial charge in [-0.2, -0.15) is 0 Å². The minimum absolute atomic E-state index is 0.00638. The topological polar surface area (TPSA) is 101 Å². The number of hydrogen-bond donors (Lipinski definition) is 3. The Balaban J connectivity index is 2.17. The average Bonchev–Trinajstić information content (AvgIpc) is 2.33. The van der Waals surface area contributed by atoms with Crippen molar-refractivity contribution in [2.24, 2.45) is 5.14 Å². The summed E-state index contributed by atoms with van der Waals surface area (Å²) in [7, 11) is -3.40. The highest BCUT2D eigenvalue weighted by atomic mass is 32.2. The SMILES string of the molecule is NS(=O)(=O)CCNC1CNC(=O)C1. The molecule has 6 nitrogen and oxygen atoms in total. The molecule has 0 radical (unpaired) electrons. The molecule has 1 saturated heterocycles. The highest BCUT2D eigenvalue weighted by Crippen LogP contribution is 1.97. The molecule has 13 heavy (non-hydrogen) atoms. The normalized spacial score (nSPS) is 23.2. The number of primary sulfonamides is 1. The van der Waals surface area contributed by atoms with Crippen molar-refractivity contribution in [3.63, 3.8) is 0 Å². The molecule has 1 unspecified atom stereocenters. The molecule has 1 heterocycles. The van der Waals surface area contributed by atoms with E-state index in [1.807, 2.05) is 0 Å². The van der Waals surface area contributed by atoms with Gasteiger partial charge in [-0.15, -0.1) is 0 Å². The van der Waals surface area contributed by atoms with Gasteiger partial charge < -0.3 is 10.6 Å². The zero-order chi connectivity index (χ0) is 9.90. The third-order valence-electron chi connectivity index (χ3n) is 1.80. The van der Waals surface area contributed by atoms with E-state index in [4.69, 9.17) is 5.14 Å². The van der Waals surface area contributed by atoms with Crippen molar-refractivity contribution in [3.8, 4) is 0 Å². The van der Waals surface area contributed by atoms with Gasteiger partial charge in [0.1, 0.15) is 0 Å². The van der Waals surface area contributed by atoms with E-state index in [0.717, 1.165) is 0 Å². The first-order chi connectivity index (χ1) is 5.97. The Hall–Kier alpha value is -0.660. The van der Waals surface area contributed by atoms with Crippen molar-refractivity contribution in [2.75, 3.05) is 18.8 Å². The predicted octanol–water partition coefficient (Wildman–Crippen LogP) is -2.25. The third kappa shape index (κ3) is 4.20. The lowest BCUT2D eigenvalue weighted by Crippen LogP contribution is -2.35. The van der Waals surface area contributed by atoms with E-state index in [1.54, 1.807) is 0 Å². The fourth-order valence-electron chi connectivity index (χ4n) is 1.15. The molecular weight excluding hydrogens is 194 g/mol. The highest BCUT2D eigenvalue weighted by Gasteiger charge is 2.20. The van der Waals surface area contributed by atoms with Gasteiger partial charge in [0, 0.05) is 25.6 Å². The summed E-state index contributed by atoms with van der Waals surface area (Å²) < 4.78 is 21.0. The molecule has 0 aromatic heterocycles. The van der Waals surface area contributed by atoms with E-state index in [0.29, 0.717) is 19.5 Å². The van der Waals surface area contributed by atoms with Crippen LogP contribution in [0.2, 0.25) is 0 Å². The summed E-state index contributed by atoms with van der Waals surface area (Å²) in [6, 6.07) is 0.0363. The molecule has 0 saturated carbocycles. The van der Waals surface area contributed by atoms with Crippen molar-refractivity contribution in [1.29, 1.82) is 0 Å². The van der Waals surface area contributed by atoms with Crippen LogP contribution in [0.25, 0.3) is 0 Å². The first kappa shape index (κ1) is 10.4. The Morgan fingerprint density at radius 3 is 2.77 bits per heavy atom. The van der Waals surface area contributed by atoms with Gasteiger partial charge in [-0.1, -0.05) is 0 Å². The van der Waals surface area contributed by atoms with Crippen LogP contribution in [-0.4, -0.2) is 39.2 Å². The molecule has 1 aliphatic heterocycles. The van der Waals surface area contributed by atoms with E-state index >= 15 is 0 Å². The van der Waals surface area contributed by atoms with Gasteiger partial charge in [0.25, 0.3) is 0 Å². The van der Waals surface area contributed by atoms with Crippen molar-refractivity contribution in [1.82, 2.24) is 10.6 Å². The number of nitrogens with two attached hydrogens (primary N) is 1. The smallest absolute Gasteiger partial charge is 0.221 e. The van der Waals surface area contributed by atoms with Crippen LogP contribution >= 0.6 is 0 Å². The van der Waals surface area contributed by atoms with Gasteiger partial charge in [0.2, 0.25) is 15.9 Å². The molecule has 1 atom stereocenters. The zero-order valence-corrected chi connectivity index (χ0v) is 7.93. The van der Waals surface area contributed by atoms with Gasteiger partial charge >= 0.3 is 0 Å². The van der Waals surface area contributed by atoms with Crippen LogP contribution in [0, 0.1) is 0 Å². The Morgan fingerprint density at radius 2 is 2.31 bits per heavy atom. The van der Waals surface area contributed by atoms with Gasteiger partial charge in [-0.25, -0.2) is 13.6 Å². The summed E-state index contributed by atoms with van der Waals surface area (Å²) in [5.41, 5.74) is 0. The molecule has 76 valence electrons. The molecule has 0 bridgehead atoms. The standard InChI is InChI=1S/C6H13N3O3S/c7-13(11,12)2-1-8-5-3-6(10)9-4-5/h5,8H,1-4H2,(H,9,10)(H2,7,11,12). The molecule has 7 heteroatoms. The second kappa shape index (κ2) is 4.03. The number of carbonyl (C=O) groups excluding carboxylic acids is 1. The summed E-state index contributed by atoms with van der Waals surface area (Å²) in [5, 5.41) is 10.4. The minimum Gasteiger partial charge on any atom is -0.354 e. The fraction of sp³-hybridized carbons (Fsp3) is 0.833. The lowest BCUT2D eigenvalue weighted by molar-refractivity contribution is -0.119. The molecule has 1 fully saturated rings. The van der Waals surface area contributed by atoms with Crippen LogP contribution in [0.5, 0.6) is 0 Å². The summed E-state index contributed by atoms with van der Waals surface area (Å²) in [4.78, 5) is 10.7. The van der Waals surface area contributed by atoms with Crippen molar-refractivity contribution < 1.29 is 13.2 Å². The second-order valence-corrected chi connectivity index (χ2v) is 4.76. The predicted molar refractivity (Wildman–Crippen MR) is 47.4 cm³/mol. The number of nitrogens with one attached hydrogen (secondary N) is 2. The highest BCUT2D eigenvalue weighted by molar-refractivity contribution is 7.89. The first-order valence-corrected chi connectivity index (χ1v) is 5.69. The minimum atomic E-state index is -3.40. The van der Waals surface area contributed by atoms with Gasteiger partial charge in [0.05, 0.1) is 5.75 Å². The Morgan fingerprint density at radius 1 is 1.62 bits per heavy atom. The van der Waals surface area contributed by atoms with Crippen LogP contribution in [0.15, 0.2) is 0 Å². The average molecular weight is 207 g/mol. The maximum absolute atomic E-state index is 10.7. The van der Waals surface area contributed by atoms with Crippen molar-refractivity contribution >= 4 is 15.9 Å². The van der Waals surface area contributed by atoms with E-state index in [2.05, 4.69) is 10.6 Å². The first-order valence-electron chi connectivity index (χ1n) is 3.98. The summed E-state index contributed by atoms with van der Waals surface area (Å²) in [6.45, 7) is 0.849. The molecular formula is C6H13N3O3S.